The Kier molecular flexibility index (Phi) is 7.26. The van der Waals surface area contributed by atoms with Crippen molar-refractivity contribution in [3.8, 4) is 0 Å². The lowest BCUT2D eigenvalue weighted by Gasteiger charge is -2.23. The summed E-state index contributed by atoms with van der Waals surface area (Å²) >= 11 is 0. The SMILES string of the molecule is CCCc1ccc(C(O)C(CC(=O)OC)NCC)cc1. The van der Waals surface area contributed by atoms with Crippen molar-refractivity contribution in [2.24, 2.45) is 0 Å². The van der Waals surface area contributed by atoms with E-state index < -0.39 is 6.10 Å². The van der Waals surface area contributed by atoms with Gasteiger partial charge in [-0.05, 0) is 24.1 Å². The lowest BCUT2D eigenvalue weighted by Crippen LogP contribution is -2.37. The van der Waals surface area contributed by atoms with Crippen LogP contribution in [0.4, 0.5) is 0 Å². The standard InChI is InChI=1S/C16H25NO3/c1-4-6-12-7-9-13(10-8-12)16(19)14(17-5-2)11-15(18)20-3/h7-10,14,16-17,19H,4-6,11H2,1-3H3. The molecule has 0 aliphatic rings. The normalized spacial score (nSPS) is 13.8. The first-order valence-corrected chi connectivity index (χ1v) is 7.19. The van der Waals surface area contributed by atoms with Gasteiger partial charge >= 0.3 is 5.97 Å². The summed E-state index contributed by atoms with van der Waals surface area (Å²) in [5.74, 6) is -0.322. The fourth-order valence-electron chi connectivity index (χ4n) is 2.22. The second-order valence-electron chi connectivity index (χ2n) is 4.88. The highest BCUT2D eigenvalue weighted by atomic mass is 16.5. The van der Waals surface area contributed by atoms with Crippen molar-refractivity contribution in [1.29, 1.82) is 0 Å². The van der Waals surface area contributed by atoms with Crippen molar-refractivity contribution in [2.45, 2.75) is 45.3 Å². The third-order valence-corrected chi connectivity index (χ3v) is 3.32. The predicted octanol–water partition coefficient (Wildman–Crippen LogP) is 2.21. The molecule has 112 valence electrons. The van der Waals surface area contributed by atoms with Crippen LogP contribution in [0.3, 0.4) is 0 Å². The van der Waals surface area contributed by atoms with E-state index in [9.17, 15) is 9.90 Å². The number of carbonyl (C=O) groups is 1. The number of benzene rings is 1. The van der Waals surface area contributed by atoms with Gasteiger partial charge in [0.05, 0.1) is 19.6 Å². The Labute approximate surface area is 121 Å². The number of rotatable bonds is 8. The zero-order valence-corrected chi connectivity index (χ0v) is 12.6. The van der Waals surface area contributed by atoms with Crippen LogP contribution in [0.25, 0.3) is 0 Å². The van der Waals surface area contributed by atoms with E-state index in [1.54, 1.807) is 0 Å². The van der Waals surface area contributed by atoms with Crippen LogP contribution in [-0.4, -0.2) is 30.8 Å². The van der Waals surface area contributed by atoms with Gasteiger partial charge in [-0.3, -0.25) is 4.79 Å². The Morgan fingerprint density at radius 1 is 1.30 bits per heavy atom. The maximum absolute atomic E-state index is 11.4. The van der Waals surface area contributed by atoms with Crippen molar-refractivity contribution in [3.05, 3.63) is 35.4 Å². The van der Waals surface area contributed by atoms with Crippen molar-refractivity contribution in [1.82, 2.24) is 5.32 Å². The van der Waals surface area contributed by atoms with E-state index in [1.165, 1.54) is 12.7 Å². The van der Waals surface area contributed by atoms with Gasteiger partial charge in [-0.1, -0.05) is 44.5 Å². The third-order valence-electron chi connectivity index (χ3n) is 3.32. The number of hydrogen-bond donors (Lipinski definition) is 2. The van der Waals surface area contributed by atoms with Gasteiger partial charge < -0.3 is 15.2 Å². The Balaban J connectivity index is 2.76. The summed E-state index contributed by atoms with van der Waals surface area (Å²) in [6.45, 7) is 4.77. The lowest BCUT2D eigenvalue weighted by molar-refractivity contribution is -0.142. The van der Waals surface area contributed by atoms with Crippen LogP contribution < -0.4 is 5.32 Å². The van der Waals surface area contributed by atoms with Crippen LogP contribution in [0, 0.1) is 0 Å². The van der Waals surface area contributed by atoms with Gasteiger partial charge in [-0.2, -0.15) is 0 Å². The maximum Gasteiger partial charge on any atom is 0.307 e. The number of aliphatic hydroxyl groups is 1. The molecule has 0 fully saturated rings. The Morgan fingerprint density at radius 2 is 1.95 bits per heavy atom. The van der Waals surface area contributed by atoms with E-state index in [4.69, 9.17) is 0 Å². The zero-order chi connectivity index (χ0) is 15.0. The molecule has 0 aliphatic heterocycles. The molecule has 0 heterocycles. The minimum atomic E-state index is -0.718. The minimum Gasteiger partial charge on any atom is -0.469 e. The van der Waals surface area contributed by atoms with Gasteiger partial charge in [0.15, 0.2) is 0 Å². The summed E-state index contributed by atoms with van der Waals surface area (Å²) in [5.41, 5.74) is 2.08. The van der Waals surface area contributed by atoms with Crippen molar-refractivity contribution < 1.29 is 14.6 Å². The van der Waals surface area contributed by atoms with E-state index in [2.05, 4.69) is 17.0 Å². The van der Waals surface area contributed by atoms with Crippen LogP contribution in [0.15, 0.2) is 24.3 Å². The van der Waals surface area contributed by atoms with Crippen molar-refractivity contribution >= 4 is 5.97 Å². The Morgan fingerprint density at radius 3 is 2.45 bits per heavy atom. The third kappa shape index (κ3) is 4.94. The second-order valence-corrected chi connectivity index (χ2v) is 4.88. The molecule has 0 saturated carbocycles. The lowest BCUT2D eigenvalue weighted by atomic mass is 9.98. The smallest absolute Gasteiger partial charge is 0.307 e. The quantitative estimate of drug-likeness (QED) is 0.716. The minimum absolute atomic E-state index is 0.155. The largest absolute Gasteiger partial charge is 0.469 e. The first-order valence-electron chi connectivity index (χ1n) is 7.19. The average Bonchev–Trinajstić information content (AvgIpc) is 2.47. The molecule has 4 nitrogen and oxygen atoms in total. The number of nitrogens with one attached hydrogen (secondary N) is 1. The summed E-state index contributed by atoms with van der Waals surface area (Å²) in [4.78, 5) is 11.4. The topological polar surface area (TPSA) is 58.6 Å². The number of hydrogen-bond acceptors (Lipinski definition) is 4. The van der Waals surface area contributed by atoms with Crippen LogP contribution >= 0.6 is 0 Å². The number of aryl methyl sites for hydroxylation is 1. The fourth-order valence-corrected chi connectivity index (χ4v) is 2.22. The van der Waals surface area contributed by atoms with E-state index >= 15 is 0 Å². The number of methoxy groups -OCH3 is 1. The summed E-state index contributed by atoms with van der Waals surface area (Å²) in [5, 5.41) is 13.5. The molecule has 0 bridgehead atoms. The van der Waals surface area contributed by atoms with E-state index in [-0.39, 0.29) is 18.4 Å². The molecule has 1 aromatic carbocycles. The first kappa shape index (κ1) is 16.7. The molecule has 0 radical (unpaired) electrons. The van der Waals surface area contributed by atoms with Crippen LogP contribution in [0.1, 0.15) is 43.9 Å². The molecule has 4 heteroatoms. The summed E-state index contributed by atoms with van der Waals surface area (Å²) in [6.07, 6.45) is 1.58. The summed E-state index contributed by atoms with van der Waals surface area (Å²) < 4.78 is 4.67. The van der Waals surface area contributed by atoms with E-state index in [0.29, 0.717) is 6.54 Å². The number of likely N-dealkylation sites (N-methyl/N-ethyl adjacent to an activating group) is 1. The number of carbonyl (C=O) groups excluding carboxylic acids is 1. The molecule has 2 atom stereocenters. The number of esters is 1. The molecule has 0 aromatic heterocycles. The van der Waals surface area contributed by atoms with Crippen molar-refractivity contribution in [2.75, 3.05) is 13.7 Å². The Bertz CT molecular complexity index is 403. The molecule has 20 heavy (non-hydrogen) atoms. The van der Waals surface area contributed by atoms with Gasteiger partial charge in [-0.15, -0.1) is 0 Å². The molecular formula is C16H25NO3. The zero-order valence-electron chi connectivity index (χ0n) is 12.6. The molecular weight excluding hydrogens is 254 g/mol. The molecule has 0 aliphatic carbocycles. The van der Waals surface area contributed by atoms with Crippen LogP contribution in [-0.2, 0) is 16.0 Å². The average molecular weight is 279 g/mol. The number of ether oxygens (including phenoxy) is 1. The van der Waals surface area contributed by atoms with Gasteiger partial charge in [-0.25, -0.2) is 0 Å². The molecule has 2 N–H and O–H groups in total. The first-order chi connectivity index (χ1) is 9.62. The molecule has 1 aromatic rings. The molecule has 0 saturated heterocycles. The predicted molar refractivity (Wildman–Crippen MR) is 79.5 cm³/mol. The highest BCUT2D eigenvalue weighted by molar-refractivity contribution is 5.70. The molecule has 1 rings (SSSR count). The summed E-state index contributed by atoms with van der Waals surface area (Å²) in [7, 11) is 1.36. The molecule has 0 spiro atoms. The number of aliphatic hydroxyl groups excluding tert-OH is 1. The van der Waals surface area contributed by atoms with E-state index in [0.717, 1.165) is 18.4 Å². The molecule has 2 unspecified atom stereocenters. The van der Waals surface area contributed by atoms with Crippen molar-refractivity contribution in [3.63, 3.8) is 0 Å². The monoisotopic (exact) mass is 279 g/mol. The van der Waals surface area contributed by atoms with Gasteiger partial charge in [0, 0.05) is 6.04 Å². The highest BCUT2D eigenvalue weighted by Crippen LogP contribution is 2.20. The molecule has 0 amide bonds. The van der Waals surface area contributed by atoms with E-state index in [1.807, 2.05) is 31.2 Å². The van der Waals surface area contributed by atoms with Gasteiger partial charge in [0.1, 0.15) is 0 Å². The van der Waals surface area contributed by atoms with Gasteiger partial charge in [0.25, 0.3) is 0 Å². The summed E-state index contributed by atoms with van der Waals surface area (Å²) in [6, 6.07) is 7.59. The highest BCUT2D eigenvalue weighted by Gasteiger charge is 2.23. The van der Waals surface area contributed by atoms with Crippen LogP contribution in [0.5, 0.6) is 0 Å². The van der Waals surface area contributed by atoms with Gasteiger partial charge in [0.2, 0.25) is 0 Å². The second kappa shape index (κ2) is 8.72. The maximum atomic E-state index is 11.4. The van der Waals surface area contributed by atoms with Crippen LogP contribution in [0.2, 0.25) is 0 Å². The Hall–Kier alpha value is -1.39. The fraction of sp³-hybridized carbons (Fsp3) is 0.562.